The minimum absolute atomic E-state index is 0.00771. The zero-order valence-corrected chi connectivity index (χ0v) is 30.4. The second kappa shape index (κ2) is 17.0. The SMILES string of the molecule is CC(C)(C)OC(=O)CCC(CO)NC(=O)CCNC(=O)C1=CC2OC(C3CC3)(C3CC3)OC2C(OC(=O)c2ccc(C=CC(=O)OCC(F)(F)F)cc2)C1. The summed E-state index contributed by atoms with van der Waals surface area (Å²) in [6, 6.07) is 5.15. The van der Waals surface area contributed by atoms with Crippen molar-refractivity contribution in [1.82, 2.24) is 10.6 Å². The van der Waals surface area contributed by atoms with E-state index < -0.39 is 78.2 Å². The Kier molecular flexibility index (Phi) is 12.9. The van der Waals surface area contributed by atoms with Crippen LogP contribution in [0.2, 0.25) is 0 Å². The van der Waals surface area contributed by atoms with E-state index in [4.69, 9.17) is 18.9 Å². The number of hydrogen-bond donors (Lipinski definition) is 3. The summed E-state index contributed by atoms with van der Waals surface area (Å²) in [7, 11) is 0. The van der Waals surface area contributed by atoms with Crippen LogP contribution in [0.5, 0.6) is 0 Å². The van der Waals surface area contributed by atoms with E-state index in [0.29, 0.717) is 11.1 Å². The lowest BCUT2D eigenvalue weighted by atomic mass is 9.91. The lowest BCUT2D eigenvalue weighted by Crippen LogP contribution is -2.44. The van der Waals surface area contributed by atoms with Crippen molar-refractivity contribution < 1.29 is 65.9 Å². The van der Waals surface area contributed by atoms with Crippen LogP contribution in [0.3, 0.4) is 0 Å². The first-order chi connectivity index (χ1) is 25.4. The summed E-state index contributed by atoms with van der Waals surface area (Å²) in [5, 5.41) is 15.1. The van der Waals surface area contributed by atoms with E-state index in [1.54, 1.807) is 26.8 Å². The Morgan fingerprint density at radius 2 is 1.67 bits per heavy atom. The maximum absolute atomic E-state index is 13.4. The first kappa shape index (κ1) is 40.9. The monoisotopic (exact) mass is 764 g/mol. The third-order valence-electron chi connectivity index (χ3n) is 9.24. The molecule has 1 aromatic rings. The Morgan fingerprint density at radius 3 is 2.26 bits per heavy atom. The van der Waals surface area contributed by atoms with Gasteiger partial charge in [-0.2, -0.15) is 13.2 Å². The first-order valence-electron chi connectivity index (χ1n) is 18.1. The smallest absolute Gasteiger partial charge is 0.422 e. The third kappa shape index (κ3) is 11.6. The van der Waals surface area contributed by atoms with E-state index in [1.807, 2.05) is 0 Å². The predicted molar refractivity (Wildman–Crippen MR) is 184 cm³/mol. The van der Waals surface area contributed by atoms with Gasteiger partial charge >= 0.3 is 24.1 Å². The Labute approximate surface area is 310 Å². The molecule has 3 fully saturated rings. The molecule has 1 aliphatic heterocycles. The average Bonchev–Trinajstić information content (AvgIpc) is 4.05. The molecular weight excluding hydrogens is 717 g/mol. The molecule has 1 heterocycles. The number of ether oxygens (including phenoxy) is 5. The topological polar surface area (TPSA) is 176 Å². The number of halogens is 3. The summed E-state index contributed by atoms with van der Waals surface area (Å²) in [5.41, 5.74) is 0.211. The molecule has 3 aliphatic carbocycles. The van der Waals surface area contributed by atoms with Gasteiger partial charge in [0, 0.05) is 49.3 Å². The van der Waals surface area contributed by atoms with Gasteiger partial charge in [0.1, 0.15) is 23.9 Å². The molecule has 0 radical (unpaired) electrons. The van der Waals surface area contributed by atoms with Crippen molar-refractivity contribution in [2.45, 2.75) is 114 Å². The average molecular weight is 765 g/mol. The van der Waals surface area contributed by atoms with E-state index in [9.17, 15) is 42.3 Å². The summed E-state index contributed by atoms with van der Waals surface area (Å²) >= 11 is 0. The zero-order valence-electron chi connectivity index (χ0n) is 30.4. The van der Waals surface area contributed by atoms with E-state index in [2.05, 4.69) is 15.4 Å². The van der Waals surface area contributed by atoms with Gasteiger partial charge in [0.25, 0.3) is 0 Å². The molecule has 0 aromatic heterocycles. The summed E-state index contributed by atoms with van der Waals surface area (Å²) in [4.78, 5) is 63.0. The van der Waals surface area contributed by atoms with Gasteiger partial charge in [0.2, 0.25) is 11.8 Å². The van der Waals surface area contributed by atoms with Gasteiger partial charge in [-0.05, 0) is 82.7 Å². The second-order valence-electron chi connectivity index (χ2n) is 15.0. The van der Waals surface area contributed by atoms with Crippen LogP contribution in [0.25, 0.3) is 6.08 Å². The molecule has 2 saturated carbocycles. The van der Waals surface area contributed by atoms with E-state index >= 15 is 0 Å². The number of aliphatic hydroxyl groups is 1. The highest BCUT2D eigenvalue weighted by atomic mass is 19.4. The number of rotatable bonds is 16. The van der Waals surface area contributed by atoms with Crippen molar-refractivity contribution in [3.63, 3.8) is 0 Å². The summed E-state index contributed by atoms with van der Waals surface area (Å²) in [6.07, 6.45) is 0.778. The van der Waals surface area contributed by atoms with Gasteiger partial charge in [0.15, 0.2) is 12.4 Å². The van der Waals surface area contributed by atoms with Crippen LogP contribution < -0.4 is 10.6 Å². The molecule has 16 heteroatoms. The summed E-state index contributed by atoms with van der Waals surface area (Å²) in [6.45, 7) is 3.11. The number of fused-ring (bicyclic) bond motifs is 1. The molecule has 5 rings (SSSR count). The highest BCUT2D eigenvalue weighted by molar-refractivity contribution is 5.94. The van der Waals surface area contributed by atoms with Crippen molar-refractivity contribution >= 4 is 35.8 Å². The molecule has 13 nitrogen and oxygen atoms in total. The molecule has 4 unspecified atom stereocenters. The van der Waals surface area contributed by atoms with E-state index in [1.165, 1.54) is 30.3 Å². The molecule has 0 bridgehead atoms. The number of carbonyl (C=O) groups excluding carboxylic acids is 5. The molecule has 4 aliphatic rings. The summed E-state index contributed by atoms with van der Waals surface area (Å²) in [5.74, 6) is -3.65. The highest BCUT2D eigenvalue weighted by Gasteiger charge is 2.64. The van der Waals surface area contributed by atoms with Crippen molar-refractivity contribution in [3.05, 3.63) is 53.1 Å². The number of esters is 3. The zero-order chi connectivity index (χ0) is 39.3. The number of carbonyl (C=O) groups is 5. The second-order valence-corrected chi connectivity index (χ2v) is 15.0. The van der Waals surface area contributed by atoms with Crippen molar-refractivity contribution in [1.29, 1.82) is 0 Å². The number of benzene rings is 1. The lowest BCUT2D eigenvalue weighted by molar-refractivity contribution is -0.209. The standard InChI is InChI=1S/C38H47F3N2O11/c1-36(2,3)53-32(47)15-13-27(20-44)43-30(45)16-17-42-34(48)24-18-28(33-29(19-24)52-38(54-33,25-9-10-25)26-11-12-26)51-35(49)23-7-4-22(5-8-23)6-14-31(46)50-21-37(39,40)41/h4-8,14,19,25-29,33,44H,9-13,15-18,20-21H2,1-3H3,(H,42,48)(H,43,45). The third-order valence-corrected chi connectivity index (χ3v) is 9.24. The number of alkyl halides is 3. The number of hydrogen-bond acceptors (Lipinski definition) is 11. The van der Waals surface area contributed by atoms with E-state index in [0.717, 1.165) is 31.8 Å². The molecule has 3 N–H and O–H groups in total. The van der Waals surface area contributed by atoms with Gasteiger partial charge in [-0.3, -0.25) is 14.4 Å². The fraction of sp³-hybridized carbons (Fsp3) is 0.605. The molecule has 0 spiro atoms. The van der Waals surface area contributed by atoms with Gasteiger partial charge in [-0.15, -0.1) is 0 Å². The number of amides is 2. The van der Waals surface area contributed by atoms with Crippen LogP contribution in [-0.2, 0) is 42.9 Å². The molecule has 2 amide bonds. The van der Waals surface area contributed by atoms with Gasteiger partial charge in [-0.1, -0.05) is 12.1 Å². The molecular formula is C38H47F3N2O11. The van der Waals surface area contributed by atoms with Crippen LogP contribution in [-0.4, -0.2) is 96.5 Å². The first-order valence-corrected chi connectivity index (χ1v) is 18.1. The van der Waals surface area contributed by atoms with Crippen LogP contribution in [0.4, 0.5) is 13.2 Å². The molecule has 54 heavy (non-hydrogen) atoms. The van der Waals surface area contributed by atoms with E-state index in [-0.39, 0.29) is 56.2 Å². The van der Waals surface area contributed by atoms with Crippen molar-refractivity contribution in [2.75, 3.05) is 19.8 Å². The number of aliphatic hydroxyl groups excluding tert-OH is 1. The molecule has 1 saturated heterocycles. The minimum Gasteiger partial charge on any atom is -0.460 e. The van der Waals surface area contributed by atoms with Gasteiger partial charge < -0.3 is 39.4 Å². The maximum atomic E-state index is 13.4. The quantitative estimate of drug-likeness (QED) is 0.126. The van der Waals surface area contributed by atoms with Crippen molar-refractivity contribution in [2.24, 2.45) is 11.8 Å². The highest BCUT2D eigenvalue weighted by Crippen LogP contribution is 2.59. The predicted octanol–water partition coefficient (Wildman–Crippen LogP) is 4.07. The maximum Gasteiger partial charge on any atom is 0.422 e. The van der Waals surface area contributed by atoms with Crippen molar-refractivity contribution in [3.8, 4) is 0 Å². The lowest BCUT2D eigenvalue weighted by Gasteiger charge is -2.31. The Morgan fingerprint density at radius 1 is 1.00 bits per heavy atom. The van der Waals surface area contributed by atoms with Crippen LogP contribution in [0.15, 0.2) is 42.0 Å². The Balaban J connectivity index is 1.18. The minimum atomic E-state index is -4.64. The van der Waals surface area contributed by atoms with Gasteiger partial charge in [-0.25, -0.2) is 9.59 Å². The van der Waals surface area contributed by atoms with Crippen LogP contribution in [0.1, 0.15) is 88.1 Å². The normalized spacial score (nSPS) is 22.8. The fourth-order valence-corrected chi connectivity index (χ4v) is 6.47. The fourth-order valence-electron chi connectivity index (χ4n) is 6.47. The summed E-state index contributed by atoms with van der Waals surface area (Å²) < 4.78 is 65.4. The Hall–Kier alpha value is -4.28. The van der Waals surface area contributed by atoms with Gasteiger partial charge in [0.05, 0.1) is 18.2 Å². The largest absolute Gasteiger partial charge is 0.460 e. The van der Waals surface area contributed by atoms with Crippen LogP contribution in [0, 0.1) is 11.8 Å². The molecule has 296 valence electrons. The number of nitrogens with one attached hydrogen (secondary N) is 2. The molecule has 1 aromatic carbocycles. The van der Waals surface area contributed by atoms with Crippen LogP contribution >= 0.6 is 0 Å². The molecule has 4 atom stereocenters. The Bertz CT molecular complexity index is 1600.